The average molecular weight is 250 g/mol. The second-order valence-electron chi connectivity index (χ2n) is 4.07. The van der Waals surface area contributed by atoms with E-state index >= 15 is 0 Å². The number of pyridine rings is 1. The Balaban J connectivity index is 2.00. The molecule has 1 amide bonds. The summed E-state index contributed by atoms with van der Waals surface area (Å²) in [5.41, 5.74) is 0.967. The van der Waals surface area contributed by atoms with E-state index in [0.717, 1.165) is 5.56 Å². The molecular formula is C12H14N2O4. The van der Waals surface area contributed by atoms with Crippen LogP contribution in [0.1, 0.15) is 12.0 Å². The third-order valence-corrected chi connectivity index (χ3v) is 2.75. The minimum Gasteiger partial charge on any atom is -0.481 e. The molecule has 1 aliphatic rings. The van der Waals surface area contributed by atoms with Crippen LogP contribution in [-0.2, 0) is 20.9 Å². The SMILES string of the molecule is O=C(O)CC1OCCN(Cc2ccncc2)C1=O. The Hall–Kier alpha value is -1.95. The first kappa shape index (κ1) is 12.5. The van der Waals surface area contributed by atoms with Crippen molar-refractivity contribution in [3.8, 4) is 0 Å². The lowest BCUT2D eigenvalue weighted by molar-refractivity contribution is -0.160. The largest absolute Gasteiger partial charge is 0.481 e. The van der Waals surface area contributed by atoms with Crippen molar-refractivity contribution in [1.29, 1.82) is 0 Å². The molecule has 0 bridgehead atoms. The molecule has 2 heterocycles. The van der Waals surface area contributed by atoms with Gasteiger partial charge in [-0.05, 0) is 17.7 Å². The van der Waals surface area contributed by atoms with Gasteiger partial charge in [0.25, 0.3) is 5.91 Å². The van der Waals surface area contributed by atoms with E-state index in [0.29, 0.717) is 19.7 Å². The van der Waals surface area contributed by atoms with Gasteiger partial charge in [0.15, 0.2) is 0 Å². The highest BCUT2D eigenvalue weighted by molar-refractivity contribution is 5.85. The van der Waals surface area contributed by atoms with Gasteiger partial charge in [-0.1, -0.05) is 0 Å². The van der Waals surface area contributed by atoms with Crippen LogP contribution in [0.3, 0.4) is 0 Å². The van der Waals surface area contributed by atoms with Gasteiger partial charge >= 0.3 is 5.97 Å². The first-order valence-electron chi connectivity index (χ1n) is 5.68. The molecule has 18 heavy (non-hydrogen) atoms. The van der Waals surface area contributed by atoms with Crippen LogP contribution in [0.4, 0.5) is 0 Å². The lowest BCUT2D eigenvalue weighted by Gasteiger charge is -2.31. The van der Waals surface area contributed by atoms with Crippen LogP contribution in [0.5, 0.6) is 0 Å². The Bertz CT molecular complexity index is 435. The summed E-state index contributed by atoms with van der Waals surface area (Å²) < 4.78 is 5.18. The fourth-order valence-electron chi connectivity index (χ4n) is 1.86. The van der Waals surface area contributed by atoms with E-state index in [1.807, 2.05) is 12.1 Å². The van der Waals surface area contributed by atoms with Crippen molar-refractivity contribution in [2.24, 2.45) is 0 Å². The minimum absolute atomic E-state index is 0.263. The van der Waals surface area contributed by atoms with Crippen LogP contribution < -0.4 is 0 Å². The highest BCUT2D eigenvalue weighted by Crippen LogP contribution is 2.13. The number of aromatic nitrogens is 1. The van der Waals surface area contributed by atoms with Crippen molar-refractivity contribution in [1.82, 2.24) is 9.88 Å². The maximum atomic E-state index is 12.0. The van der Waals surface area contributed by atoms with E-state index in [2.05, 4.69) is 4.98 Å². The predicted molar refractivity (Wildman–Crippen MR) is 61.6 cm³/mol. The number of amides is 1. The van der Waals surface area contributed by atoms with E-state index < -0.39 is 12.1 Å². The first-order valence-corrected chi connectivity index (χ1v) is 5.68. The zero-order valence-corrected chi connectivity index (χ0v) is 9.78. The summed E-state index contributed by atoms with van der Waals surface area (Å²) >= 11 is 0. The van der Waals surface area contributed by atoms with Crippen LogP contribution in [0.25, 0.3) is 0 Å². The molecule has 0 radical (unpaired) electrons. The number of morpholine rings is 1. The fourth-order valence-corrected chi connectivity index (χ4v) is 1.86. The Morgan fingerprint density at radius 1 is 1.50 bits per heavy atom. The summed E-state index contributed by atoms with van der Waals surface area (Å²) in [6, 6.07) is 3.66. The summed E-state index contributed by atoms with van der Waals surface area (Å²) in [4.78, 5) is 28.1. The van der Waals surface area contributed by atoms with E-state index in [9.17, 15) is 9.59 Å². The second-order valence-corrected chi connectivity index (χ2v) is 4.07. The van der Waals surface area contributed by atoms with Gasteiger partial charge in [0.1, 0.15) is 6.10 Å². The van der Waals surface area contributed by atoms with Crippen molar-refractivity contribution in [3.05, 3.63) is 30.1 Å². The molecule has 1 unspecified atom stereocenters. The fraction of sp³-hybridized carbons (Fsp3) is 0.417. The lowest BCUT2D eigenvalue weighted by atomic mass is 10.1. The molecule has 6 nitrogen and oxygen atoms in total. The molecule has 1 aliphatic heterocycles. The van der Waals surface area contributed by atoms with Crippen molar-refractivity contribution in [3.63, 3.8) is 0 Å². The van der Waals surface area contributed by atoms with Gasteiger partial charge in [0.05, 0.1) is 13.0 Å². The number of rotatable bonds is 4. The van der Waals surface area contributed by atoms with Crippen LogP contribution in [0.2, 0.25) is 0 Å². The zero-order chi connectivity index (χ0) is 13.0. The second kappa shape index (κ2) is 5.59. The third kappa shape index (κ3) is 3.04. The molecule has 1 atom stereocenters. The molecule has 0 saturated carbocycles. The topological polar surface area (TPSA) is 79.7 Å². The van der Waals surface area contributed by atoms with Gasteiger partial charge in [-0.25, -0.2) is 0 Å². The molecule has 2 rings (SSSR count). The molecule has 1 aromatic heterocycles. The van der Waals surface area contributed by atoms with Crippen LogP contribution in [-0.4, -0.2) is 46.1 Å². The molecule has 6 heteroatoms. The first-order chi connectivity index (χ1) is 8.66. The maximum Gasteiger partial charge on any atom is 0.306 e. The Morgan fingerprint density at radius 3 is 2.89 bits per heavy atom. The lowest BCUT2D eigenvalue weighted by Crippen LogP contribution is -2.47. The highest BCUT2D eigenvalue weighted by Gasteiger charge is 2.31. The quantitative estimate of drug-likeness (QED) is 0.830. The van der Waals surface area contributed by atoms with Crippen LogP contribution >= 0.6 is 0 Å². The number of hydrogen-bond donors (Lipinski definition) is 1. The van der Waals surface area contributed by atoms with Crippen molar-refractivity contribution in [2.75, 3.05) is 13.2 Å². The monoisotopic (exact) mass is 250 g/mol. The highest BCUT2D eigenvalue weighted by atomic mass is 16.5. The Labute approximate surface area is 104 Å². The number of nitrogens with zero attached hydrogens (tertiary/aromatic N) is 2. The number of carbonyl (C=O) groups excluding carboxylic acids is 1. The average Bonchev–Trinajstić information content (AvgIpc) is 2.35. The summed E-state index contributed by atoms with van der Waals surface area (Å²) in [5, 5.41) is 8.70. The van der Waals surface area contributed by atoms with E-state index in [-0.39, 0.29) is 12.3 Å². The molecule has 0 aromatic carbocycles. The molecule has 0 spiro atoms. The summed E-state index contributed by atoms with van der Waals surface area (Å²) in [6.45, 7) is 1.31. The number of carbonyl (C=O) groups is 2. The smallest absolute Gasteiger partial charge is 0.306 e. The number of aliphatic carboxylic acids is 1. The summed E-state index contributed by atoms with van der Waals surface area (Å²) in [7, 11) is 0. The molecular weight excluding hydrogens is 236 g/mol. The maximum absolute atomic E-state index is 12.0. The number of carboxylic acid groups (broad SMARTS) is 1. The van der Waals surface area contributed by atoms with Crippen LogP contribution in [0, 0.1) is 0 Å². The number of carboxylic acids is 1. The Kier molecular flexibility index (Phi) is 3.88. The van der Waals surface area contributed by atoms with Gasteiger partial charge in [0, 0.05) is 25.5 Å². The third-order valence-electron chi connectivity index (χ3n) is 2.75. The van der Waals surface area contributed by atoms with Gasteiger partial charge in [-0.3, -0.25) is 14.6 Å². The number of ether oxygens (including phenoxy) is 1. The predicted octanol–water partition coefficient (Wildman–Crippen LogP) is 0.284. The molecule has 96 valence electrons. The molecule has 0 aliphatic carbocycles. The minimum atomic E-state index is -1.03. The number of hydrogen-bond acceptors (Lipinski definition) is 4. The summed E-state index contributed by atoms with van der Waals surface area (Å²) in [5.74, 6) is -1.29. The standard InChI is InChI=1S/C12H14N2O4/c15-11(16)7-10-12(17)14(5-6-18-10)8-9-1-3-13-4-2-9/h1-4,10H,5-8H2,(H,15,16). The van der Waals surface area contributed by atoms with Gasteiger partial charge < -0.3 is 14.7 Å². The molecule has 1 aromatic rings. The van der Waals surface area contributed by atoms with Gasteiger partial charge in [-0.2, -0.15) is 0 Å². The van der Waals surface area contributed by atoms with Crippen molar-refractivity contribution in [2.45, 2.75) is 19.1 Å². The molecule has 1 saturated heterocycles. The Morgan fingerprint density at radius 2 is 2.22 bits per heavy atom. The summed E-state index contributed by atoms with van der Waals surface area (Å²) in [6.07, 6.45) is 2.17. The normalized spacial score (nSPS) is 19.9. The van der Waals surface area contributed by atoms with Crippen LogP contribution in [0.15, 0.2) is 24.5 Å². The van der Waals surface area contributed by atoms with Crippen molar-refractivity contribution >= 4 is 11.9 Å². The van der Waals surface area contributed by atoms with E-state index in [1.54, 1.807) is 17.3 Å². The zero-order valence-electron chi connectivity index (χ0n) is 9.78. The van der Waals surface area contributed by atoms with E-state index in [4.69, 9.17) is 9.84 Å². The van der Waals surface area contributed by atoms with Gasteiger partial charge in [-0.15, -0.1) is 0 Å². The van der Waals surface area contributed by atoms with Gasteiger partial charge in [0.2, 0.25) is 0 Å². The van der Waals surface area contributed by atoms with Crippen molar-refractivity contribution < 1.29 is 19.4 Å². The molecule has 1 N–H and O–H groups in total. The van der Waals surface area contributed by atoms with E-state index in [1.165, 1.54) is 0 Å². The molecule has 1 fully saturated rings.